The Bertz CT molecular complexity index is 565. The number of amides is 1. The van der Waals surface area contributed by atoms with Crippen LogP contribution in [0.25, 0.3) is 10.8 Å². The van der Waals surface area contributed by atoms with Gasteiger partial charge in [-0.1, -0.05) is 36.4 Å². The molecule has 0 aliphatic rings. The highest BCUT2D eigenvalue weighted by atomic mass is 16.2. The summed E-state index contributed by atoms with van der Waals surface area (Å²) < 4.78 is 0. The second kappa shape index (κ2) is 6.34. The molecule has 0 aliphatic heterocycles. The number of carbonyl (C=O) groups excluding carboxylic acids is 1. The number of carbonyl (C=O) groups is 1. The standard InChI is InChI=1S/C16H20N2O/c1-17-10-9-16(19)18(2)12-13-7-8-14-5-3-4-6-15(14)11-13/h3-8,11,17H,9-10,12H2,1-2H3. The van der Waals surface area contributed by atoms with Crippen molar-refractivity contribution in [2.75, 3.05) is 20.6 Å². The van der Waals surface area contributed by atoms with E-state index in [4.69, 9.17) is 0 Å². The van der Waals surface area contributed by atoms with Gasteiger partial charge in [-0.05, 0) is 29.4 Å². The zero-order valence-electron chi connectivity index (χ0n) is 11.5. The van der Waals surface area contributed by atoms with E-state index in [0.29, 0.717) is 13.0 Å². The maximum absolute atomic E-state index is 11.9. The molecule has 2 rings (SSSR count). The summed E-state index contributed by atoms with van der Waals surface area (Å²) in [5.41, 5.74) is 1.17. The fourth-order valence-corrected chi connectivity index (χ4v) is 2.12. The molecular formula is C16H20N2O. The highest BCUT2D eigenvalue weighted by Crippen LogP contribution is 2.16. The van der Waals surface area contributed by atoms with Crippen LogP contribution in [0.2, 0.25) is 0 Å². The number of nitrogens with one attached hydrogen (secondary N) is 1. The van der Waals surface area contributed by atoms with Crippen LogP contribution in [0.5, 0.6) is 0 Å². The second-order valence-electron chi connectivity index (χ2n) is 4.78. The van der Waals surface area contributed by atoms with Gasteiger partial charge in [0.25, 0.3) is 0 Å². The molecule has 2 aromatic carbocycles. The van der Waals surface area contributed by atoms with Gasteiger partial charge < -0.3 is 10.2 Å². The van der Waals surface area contributed by atoms with Crippen molar-refractivity contribution in [2.45, 2.75) is 13.0 Å². The smallest absolute Gasteiger partial charge is 0.223 e. The Hall–Kier alpha value is -1.87. The number of benzene rings is 2. The number of hydrogen-bond donors (Lipinski definition) is 1. The highest BCUT2D eigenvalue weighted by molar-refractivity contribution is 5.83. The van der Waals surface area contributed by atoms with Gasteiger partial charge in [0.05, 0.1) is 0 Å². The minimum Gasteiger partial charge on any atom is -0.341 e. The van der Waals surface area contributed by atoms with Crippen LogP contribution in [0.1, 0.15) is 12.0 Å². The Balaban J connectivity index is 2.06. The molecule has 2 aromatic rings. The third-order valence-electron chi connectivity index (χ3n) is 3.25. The fraction of sp³-hybridized carbons (Fsp3) is 0.312. The number of rotatable bonds is 5. The molecule has 1 N–H and O–H groups in total. The van der Waals surface area contributed by atoms with Gasteiger partial charge in [-0.25, -0.2) is 0 Å². The summed E-state index contributed by atoms with van der Waals surface area (Å²) >= 11 is 0. The summed E-state index contributed by atoms with van der Waals surface area (Å²) in [6.07, 6.45) is 0.542. The van der Waals surface area contributed by atoms with Crippen LogP contribution in [0.3, 0.4) is 0 Å². The summed E-state index contributed by atoms with van der Waals surface area (Å²) in [6, 6.07) is 14.6. The summed E-state index contributed by atoms with van der Waals surface area (Å²) in [4.78, 5) is 13.6. The van der Waals surface area contributed by atoms with E-state index in [1.807, 2.05) is 26.2 Å². The van der Waals surface area contributed by atoms with E-state index in [1.54, 1.807) is 4.90 Å². The molecule has 0 unspecified atom stereocenters. The van der Waals surface area contributed by atoms with E-state index < -0.39 is 0 Å². The summed E-state index contributed by atoms with van der Waals surface area (Å²) in [6.45, 7) is 1.38. The molecule has 19 heavy (non-hydrogen) atoms. The molecule has 0 aromatic heterocycles. The normalized spacial score (nSPS) is 10.6. The first-order valence-corrected chi connectivity index (χ1v) is 6.57. The average Bonchev–Trinajstić information content (AvgIpc) is 2.44. The van der Waals surface area contributed by atoms with Crippen molar-refractivity contribution in [3.8, 4) is 0 Å². The van der Waals surface area contributed by atoms with Crippen molar-refractivity contribution >= 4 is 16.7 Å². The molecule has 0 atom stereocenters. The molecule has 0 radical (unpaired) electrons. The van der Waals surface area contributed by atoms with Crippen LogP contribution in [0.15, 0.2) is 42.5 Å². The Labute approximate surface area is 114 Å². The van der Waals surface area contributed by atoms with Crippen LogP contribution >= 0.6 is 0 Å². The summed E-state index contributed by atoms with van der Waals surface area (Å²) in [5, 5.41) is 5.44. The Morgan fingerprint density at radius 2 is 1.89 bits per heavy atom. The molecule has 0 heterocycles. The molecule has 0 fully saturated rings. The van der Waals surface area contributed by atoms with Gasteiger partial charge >= 0.3 is 0 Å². The van der Waals surface area contributed by atoms with Crippen molar-refractivity contribution in [3.05, 3.63) is 48.0 Å². The van der Waals surface area contributed by atoms with Gasteiger partial charge in [0.15, 0.2) is 0 Å². The van der Waals surface area contributed by atoms with Gasteiger partial charge in [0.1, 0.15) is 0 Å². The SMILES string of the molecule is CNCCC(=O)N(C)Cc1ccc2ccccc2c1. The van der Waals surface area contributed by atoms with E-state index >= 15 is 0 Å². The van der Waals surface area contributed by atoms with Gasteiger partial charge in [0.2, 0.25) is 5.91 Å². The lowest BCUT2D eigenvalue weighted by Gasteiger charge is -2.17. The number of nitrogens with zero attached hydrogens (tertiary/aromatic N) is 1. The van der Waals surface area contributed by atoms with Gasteiger partial charge in [-0.3, -0.25) is 4.79 Å². The molecular weight excluding hydrogens is 236 g/mol. The maximum atomic E-state index is 11.9. The lowest BCUT2D eigenvalue weighted by atomic mass is 10.1. The van der Waals surface area contributed by atoms with Crippen molar-refractivity contribution < 1.29 is 4.79 Å². The van der Waals surface area contributed by atoms with E-state index in [-0.39, 0.29) is 5.91 Å². The van der Waals surface area contributed by atoms with Crippen LogP contribution < -0.4 is 5.32 Å². The lowest BCUT2D eigenvalue weighted by Crippen LogP contribution is -2.28. The van der Waals surface area contributed by atoms with E-state index in [2.05, 4.69) is 35.6 Å². The zero-order valence-corrected chi connectivity index (χ0v) is 11.5. The molecule has 0 spiro atoms. The predicted octanol–water partition coefficient (Wildman–Crippen LogP) is 2.41. The number of hydrogen-bond acceptors (Lipinski definition) is 2. The minimum absolute atomic E-state index is 0.169. The Kier molecular flexibility index (Phi) is 4.53. The first-order chi connectivity index (χ1) is 9.20. The molecule has 1 amide bonds. The molecule has 0 saturated carbocycles. The first-order valence-electron chi connectivity index (χ1n) is 6.57. The molecule has 0 saturated heterocycles. The quantitative estimate of drug-likeness (QED) is 0.891. The van der Waals surface area contributed by atoms with Crippen LogP contribution in [0, 0.1) is 0 Å². The molecule has 100 valence electrons. The van der Waals surface area contributed by atoms with Gasteiger partial charge in [0, 0.05) is 26.6 Å². The topological polar surface area (TPSA) is 32.3 Å². The van der Waals surface area contributed by atoms with Crippen molar-refractivity contribution in [2.24, 2.45) is 0 Å². The first kappa shape index (κ1) is 13.6. The number of fused-ring (bicyclic) bond motifs is 1. The summed E-state index contributed by atoms with van der Waals surface area (Å²) in [7, 11) is 3.71. The predicted molar refractivity (Wildman–Crippen MR) is 79.0 cm³/mol. The average molecular weight is 256 g/mol. The second-order valence-corrected chi connectivity index (χ2v) is 4.78. The zero-order chi connectivity index (χ0) is 13.7. The Morgan fingerprint density at radius 3 is 2.63 bits per heavy atom. The largest absolute Gasteiger partial charge is 0.341 e. The van der Waals surface area contributed by atoms with E-state index in [9.17, 15) is 4.79 Å². The monoisotopic (exact) mass is 256 g/mol. The van der Waals surface area contributed by atoms with Crippen LogP contribution in [-0.2, 0) is 11.3 Å². The van der Waals surface area contributed by atoms with E-state index in [0.717, 1.165) is 6.54 Å². The third-order valence-corrected chi connectivity index (χ3v) is 3.25. The van der Waals surface area contributed by atoms with Crippen molar-refractivity contribution in [3.63, 3.8) is 0 Å². The summed E-state index contributed by atoms with van der Waals surface area (Å²) in [5.74, 6) is 0.169. The molecule has 0 bridgehead atoms. The van der Waals surface area contributed by atoms with Gasteiger partial charge in [-0.2, -0.15) is 0 Å². The van der Waals surface area contributed by atoms with Crippen LogP contribution in [0.4, 0.5) is 0 Å². The highest BCUT2D eigenvalue weighted by Gasteiger charge is 2.08. The molecule has 3 heteroatoms. The van der Waals surface area contributed by atoms with Crippen molar-refractivity contribution in [1.29, 1.82) is 0 Å². The van der Waals surface area contributed by atoms with Crippen molar-refractivity contribution in [1.82, 2.24) is 10.2 Å². The lowest BCUT2D eigenvalue weighted by molar-refractivity contribution is -0.130. The van der Waals surface area contributed by atoms with Gasteiger partial charge in [-0.15, -0.1) is 0 Å². The Morgan fingerprint density at radius 1 is 1.16 bits per heavy atom. The fourth-order valence-electron chi connectivity index (χ4n) is 2.12. The minimum atomic E-state index is 0.169. The van der Waals surface area contributed by atoms with E-state index in [1.165, 1.54) is 16.3 Å². The molecule has 0 aliphatic carbocycles. The van der Waals surface area contributed by atoms with Crippen LogP contribution in [-0.4, -0.2) is 31.4 Å². The third kappa shape index (κ3) is 3.55. The molecule has 3 nitrogen and oxygen atoms in total. The maximum Gasteiger partial charge on any atom is 0.223 e.